The second-order valence-electron chi connectivity index (χ2n) is 7.21. The zero-order valence-electron chi connectivity index (χ0n) is 16.8. The molecule has 3 rings (SSSR count). The molecular weight excluding hydrogens is 392 g/mol. The Hall–Kier alpha value is -3.00. The molecule has 1 saturated heterocycles. The van der Waals surface area contributed by atoms with Crippen LogP contribution in [0.2, 0.25) is 0 Å². The number of piperazine rings is 1. The van der Waals surface area contributed by atoms with Gasteiger partial charge in [0.2, 0.25) is 5.91 Å². The van der Waals surface area contributed by atoms with E-state index in [1.54, 1.807) is 36.2 Å². The third kappa shape index (κ3) is 6.00. The van der Waals surface area contributed by atoms with Gasteiger partial charge in [0, 0.05) is 45.3 Å². The summed E-state index contributed by atoms with van der Waals surface area (Å²) in [5, 5.41) is 0. The van der Waals surface area contributed by atoms with Gasteiger partial charge in [-0.1, -0.05) is 30.3 Å². The summed E-state index contributed by atoms with van der Waals surface area (Å²) in [4.78, 5) is 30.5. The van der Waals surface area contributed by atoms with Gasteiger partial charge in [0.05, 0.1) is 6.54 Å². The second kappa shape index (κ2) is 10.2. The van der Waals surface area contributed by atoms with Crippen LogP contribution in [0.4, 0.5) is 8.78 Å². The van der Waals surface area contributed by atoms with Gasteiger partial charge < -0.3 is 14.5 Å². The van der Waals surface area contributed by atoms with Crippen molar-refractivity contribution in [3.63, 3.8) is 0 Å². The number of hydrogen-bond donors (Lipinski definition) is 0. The zero-order chi connectivity index (χ0) is 21.5. The van der Waals surface area contributed by atoms with E-state index in [-0.39, 0.29) is 24.1 Å². The van der Waals surface area contributed by atoms with Crippen LogP contribution in [0.15, 0.2) is 54.6 Å². The lowest BCUT2D eigenvalue weighted by atomic mass is 10.2. The van der Waals surface area contributed by atoms with Crippen molar-refractivity contribution in [1.82, 2.24) is 14.7 Å². The zero-order valence-corrected chi connectivity index (χ0v) is 16.8. The lowest BCUT2D eigenvalue weighted by Gasteiger charge is -2.35. The summed E-state index contributed by atoms with van der Waals surface area (Å²) >= 11 is 0. The molecule has 8 heteroatoms. The van der Waals surface area contributed by atoms with Crippen molar-refractivity contribution in [3.8, 4) is 5.75 Å². The van der Waals surface area contributed by atoms with E-state index in [4.69, 9.17) is 0 Å². The molecule has 0 unspecified atom stereocenters. The Kier molecular flexibility index (Phi) is 7.35. The first kappa shape index (κ1) is 21.7. The van der Waals surface area contributed by atoms with Crippen LogP contribution in [0.5, 0.6) is 5.75 Å². The molecule has 1 aliphatic heterocycles. The summed E-state index contributed by atoms with van der Waals surface area (Å²) in [5.41, 5.74) is 1.50. The summed E-state index contributed by atoms with van der Waals surface area (Å²) in [7, 11) is 1.71. The van der Waals surface area contributed by atoms with Gasteiger partial charge in [0.1, 0.15) is 5.75 Å². The van der Waals surface area contributed by atoms with Gasteiger partial charge in [0.15, 0.2) is 0 Å². The number of carbonyl (C=O) groups excluding carboxylic acids is 2. The molecule has 30 heavy (non-hydrogen) atoms. The lowest BCUT2D eigenvalue weighted by molar-refractivity contribution is -0.132. The fourth-order valence-electron chi connectivity index (χ4n) is 3.32. The van der Waals surface area contributed by atoms with Crippen molar-refractivity contribution in [3.05, 3.63) is 65.7 Å². The monoisotopic (exact) mass is 417 g/mol. The number of benzene rings is 2. The first-order valence-electron chi connectivity index (χ1n) is 9.77. The highest BCUT2D eigenvalue weighted by Crippen LogP contribution is 2.16. The van der Waals surface area contributed by atoms with Gasteiger partial charge >= 0.3 is 6.61 Å². The Balaban J connectivity index is 1.44. The fourth-order valence-corrected chi connectivity index (χ4v) is 3.32. The van der Waals surface area contributed by atoms with E-state index in [9.17, 15) is 18.4 Å². The van der Waals surface area contributed by atoms with Crippen LogP contribution in [0.25, 0.3) is 0 Å². The Labute approximate surface area is 174 Å². The molecule has 1 fully saturated rings. The SMILES string of the molecule is CN(Cc1ccc(OC(F)F)cc1)C(=O)CN1CCN(C(=O)c2ccccc2)CC1. The molecule has 0 aromatic heterocycles. The summed E-state index contributed by atoms with van der Waals surface area (Å²) in [6.45, 7) is 0.224. The first-order chi connectivity index (χ1) is 14.4. The van der Waals surface area contributed by atoms with Crippen molar-refractivity contribution < 1.29 is 23.1 Å². The Bertz CT molecular complexity index is 838. The number of hydrogen-bond acceptors (Lipinski definition) is 4. The molecule has 0 atom stereocenters. The molecule has 0 aliphatic carbocycles. The van der Waals surface area contributed by atoms with Crippen LogP contribution in [0, 0.1) is 0 Å². The van der Waals surface area contributed by atoms with Crippen molar-refractivity contribution in [2.45, 2.75) is 13.2 Å². The van der Waals surface area contributed by atoms with Crippen LogP contribution in [-0.2, 0) is 11.3 Å². The van der Waals surface area contributed by atoms with Gasteiger partial charge in [-0.15, -0.1) is 0 Å². The van der Waals surface area contributed by atoms with Crippen molar-refractivity contribution in [2.24, 2.45) is 0 Å². The van der Waals surface area contributed by atoms with Crippen LogP contribution < -0.4 is 4.74 Å². The van der Waals surface area contributed by atoms with E-state index in [2.05, 4.69) is 4.74 Å². The highest BCUT2D eigenvalue weighted by Gasteiger charge is 2.24. The van der Waals surface area contributed by atoms with E-state index in [1.165, 1.54) is 12.1 Å². The molecule has 2 amide bonds. The van der Waals surface area contributed by atoms with Crippen molar-refractivity contribution >= 4 is 11.8 Å². The smallest absolute Gasteiger partial charge is 0.387 e. The maximum absolute atomic E-state index is 12.5. The van der Waals surface area contributed by atoms with Gasteiger partial charge in [0.25, 0.3) is 5.91 Å². The Morgan fingerprint density at radius 3 is 2.23 bits per heavy atom. The Morgan fingerprint density at radius 2 is 1.63 bits per heavy atom. The molecule has 0 N–H and O–H groups in total. The topological polar surface area (TPSA) is 53.1 Å². The number of amides is 2. The second-order valence-corrected chi connectivity index (χ2v) is 7.21. The average Bonchev–Trinajstić information content (AvgIpc) is 2.75. The standard InChI is InChI=1S/C22H25F2N3O3/c1-25(15-17-7-9-19(10-8-17)30-22(23)24)20(28)16-26-11-13-27(14-12-26)21(29)18-5-3-2-4-6-18/h2-10,22H,11-16H2,1H3. The minimum absolute atomic E-state index is 0.0120. The summed E-state index contributed by atoms with van der Waals surface area (Å²) in [6.07, 6.45) is 0. The quantitative estimate of drug-likeness (QED) is 0.695. The molecule has 0 saturated carbocycles. The molecule has 0 bridgehead atoms. The van der Waals surface area contributed by atoms with E-state index < -0.39 is 6.61 Å². The van der Waals surface area contributed by atoms with E-state index in [0.717, 1.165) is 5.56 Å². The molecule has 1 heterocycles. The number of alkyl halides is 2. The molecule has 160 valence electrons. The molecule has 2 aromatic carbocycles. The number of nitrogens with zero attached hydrogens (tertiary/aromatic N) is 3. The molecular formula is C22H25F2N3O3. The third-order valence-electron chi connectivity index (χ3n) is 5.03. The molecule has 0 spiro atoms. The van der Waals surface area contributed by atoms with Gasteiger partial charge in [-0.3, -0.25) is 14.5 Å². The largest absolute Gasteiger partial charge is 0.435 e. The lowest BCUT2D eigenvalue weighted by Crippen LogP contribution is -2.51. The maximum atomic E-state index is 12.5. The van der Waals surface area contributed by atoms with Crippen LogP contribution in [-0.4, -0.2) is 72.9 Å². The number of halogens is 2. The predicted octanol–water partition coefficient (Wildman–Crippen LogP) is 2.70. The number of ether oxygens (including phenoxy) is 1. The first-order valence-corrected chi connectivity index (χ1v) is 9.77. The van der Waals surface area contributed by atoms with Crippen LogP contribution in [0.1, 0.15) is 15.9 Å². The van der Waals surface area contributed by atoms with Crippen LogP contribution >= 0.6 is 0 Å². The number of carbonyl (C=O) groups is 2. The summed E-state index contributed by atoms with van der Waals surface area (Å²) in [5.74, 6) is 0.0642. The summed E-state index contributed by atoms with van der Waals surface area (Å²) in [6, 6.07) is 15.4. The van der Waals surface area contributed by atoms with Crippen molar-refractivity contribution in [1.29, 1.82) is 0 Å². The highest BCUT2D eigenvalue weighted by atomic mass is 19.3. The highest BCUT2D eigenvalue weighted by molar-refractivity contribution is 5.94. The van der Waals surface area contributed by atoms with Gasteiger partial charge in [-0.25, -0.2) is 0 Å². The predicted molar refractivity (Wildman–Crippen MR) is 108 cm³/mol. The van der Waals surface area contributed by atoms with E-state index in [0.29, 0.717) is 38.3 Å². The Morgan fingerprint density at radius 1 is 1.00 bits per heavy atom. The molecule has 1 aliphatic rings. The number of likely N-dealkylation sites (N-methyl/N-ethyl adjacent to an activating group) is 1. The minimum atomic E-state index is -2.86. The third-order valence-corrected chi connectivity index (χ3v) is 5.03. The van der Waals surface area contributed by atoms with Crippen LogP contribution in [0.3, 0.4) is 0 Å². The van der Waals surface area contributed by atoms with E-state index in [1.807, 2.05) is 28.0 Å². The molecule has 6 nitrogen and oxygen atoms in total. The minimum Gasteiger partial charge on any atom is -0.435 e. The van der Waals surface area contributed by atoms with Gasteiger partial charge in [-0.05, 0) is 29.8 Å². The van der Waals surface area contributed by atoms with Gasteiger partial charge in [-0.2, -0.15) is 8.78 Å². The normalized spacial score (nSPS) is 14.6. The van der Waals surface area contributed by atoms with E-state index >= 15 is 0 Å². The summed E-state index contributed by atoms with van der Waals surface area (Å²) < 4.78 is 28.8. The molecule has 2 aromatic rings. The maximum Gasteiger partial charge on any atom is 0.387 e. The number of rotatable bonds is 7. The fraction of sp³-hybridized carbons (Fsp3) is 0.364. The molecule has 0 radical (unpaired) electrons. The average molecular weight is 417 g/mol. The van der Waals surface area contributed by atoms with Crippen molar-refractivity contribution in [2.75, 3.05) is 39.8 Å².